The Morgan fingerprint density at radius 1 is 1.10 bits per heavy atom. The Kier molecular flexibility index (Phi) is 4.72. The predicted molar refractivity (Wildman–Crippen MR) is 93.6 cm³/mol. The first-order chi connectivity index (χ1) is 10.1. The highest BCUT2D eigenvalue weighted by Crippen LogP contribution is 2.18. The molecule has 110 valence electrons. The summed E-state index contributed by atoms with van der Waals surface area (Å²) >= 11 is 0. The van der Waals surface area contributed by atoms with Gasteiger partial charge in [0.25, 0.3) is 0 Å². The van der Waals surface area contributed by atoms with E-state index in [1.54, 1.807) is 6.07 Å². The smallest absolute Gasteiger partial charge is 0.0389 e. The minimum atomic E-state index is 0.718. The molecule has 0 spiro atoms. The molecule has 2 aromatic rings. The zero-order chi connectivity index (χ0) is 15.2. The van der Waals surface area contributed by atoms with Gasteiger partial charge in [0, 0.05) is 43.4 Å². The molecule has 0 radical (unpaired) electrons. The van der Waals surface area contributed by atoms with Crippen molar-refractivity contribution >= 4 is 28.8 Å². The van der Waals surface area contributed by atoms with Crippen LogP contribution in [0.2, 0.25) is 0 Å². The number of nitrogen functional groups attached to an aromatic ring is 2. The standard InChI is InChI=1S/C17H22N4/c1-21(2)16-7-3-6-15(12-16)20-10-4-5-13-11-14(18)8-9-17(13)19/h3-9,11-12,20H,10,18-19H2,1-2H3/b5-4+. The van der Waals surface area contributed by atoms with E-state index in [-0.39, 0.29) is 0 Å². The first-order valence-electron chi connectivity index (χ1n) is 6.89. The van der Waals surface area contributed by atoms with Gasteiger partial charge in [-0.25, -0.2) is 0 Å². The molecule has 0 unspecified atom stereocenters. The molecule has 0 aliphatic rings. The van der Waals surface area contributed by atoms with Gasteiger partial charge in [-0.1, -0.05) is 18.2 Å². The quantitative estimate of drug-likeness (QED) is 0.737. The maximum absolute atomic E-state index is 5.90. The van der Waals surface area contributed by atoms with Gasteiger partial charge in [-0.15, -0.1) is 0 Å². The Bertz CT molecular complexity index is 632. The summed E-state index contributed by atoms with van der Waals surface area (Å²) in [5.74, 6) is 0. The lowest BCUT2D eigenvalue weighted by Gasteiger charge is -2.13. The third-order valence-corrected chi connectivity index (χ3v) is 3.19. The highest BCUT2D eigenvalue weighted by Gasteiger charge is 1.97. The Hall–Kier alpha value is -2.62. The van der Waals surface area contributed by atoms with Crippen LogP contribution >= 0.6 is 0 Å². The van der Waals surface area contributed by atoms with Crippen molar-refractivity contribution in [2.24, 2.45) is 0 Å². The van der Waals surface area contributed by atoms with Crippen molar-refractivity contribution < 1.29 is 0 Å². The van der Waals surface area contributed by atoms with Gasteiger partial charge in [-0.05, 0) is 42.0 Å². The molecule has 2 rings (SSSR count). The molecule has 0 amide bonds. The highest BCUT2D eigenvalue weighted by molar-refractivity contribution is 5.68. The predicted octanol–water partition coefficient (Wildman–Crippen LogP) is 3.04. The second-order valence-electron chi connectivity index (χ2n) is 5.12. The van der Waals surface area contributed by atoms with Crippen molar-refractivity contribution in [1.29, 1.82) is 0 Å². The maximum atomic E-state index is 5.90. The van der Waals surface area contributed by atoms with Gasteiger partial charge < -0.3 is 21.7 Å². The summed E-state index contributed by atoms with van der Waals surface area (Å²) in [6.45, 7) is 0.727. The number of hydrogen-bond donors (Lipinski definition) is 3. The van der Waals surface area contributed by atoms with Gasteiger partial charge in [-0.2, -0.15) is 0 Å². The highest BCUT2D eigenvalue weighted by atomic mass is 15.1. The number of hydrogen-bond acceptors (Lipinski definition) is 4. The van der Waals surface area contributed by atoms with Crippen LogP contribution in [-0.2, 0) is 0 Å². The van der Waals surface area contributed by atoms with Crippen molar-refractivity contribution in [3.05, 3.63) is 54.1 Å². The third-order valence-electron chi connectivity index (χ3n) is 3.19. The zero-order valence-electron chi connectivity index (χ0n) is 12.5. The molecule has 4 nitrogen and oxygen atoms in total. The molecule has 21 heavy (non-hydrogen) atoms. The fourth-order valence-electron chi connectivity index (χ4n) is 1.99. The van der Waals surface area contributed by atoms with E-state index in [1.807, 2.05) is 44.4 Å². The van der Waals surface area contributed by atoms with E-state index in [1.165, 1.54) is 5.69 Å². The number of nitrogens with zero attached hydrogens (tertiary/aromatic N) is 1. The number of rotatable bonds is 5. The zero-order valence-corrected chi connectivity index (χ0v) is 12.5. The second kappa shape index (κ2) is 6.70. The SMILES string of the molecule is CN(C)c1cccc(NC/C=C/c2cc(N)ccc2N)c1. The molecule has 0 saturated carbocycles. The van der Waals surface area contributed by atoms with Crippen LogP contribution in [0, 0.1) is 0 Å². The molecule has 5 N–H and O–H groups in total. The van der Waals surface area contributed by atoms with Crippen LogP contribution in [0.15, 0.2) is 48.5 Å². The lowest BCUT2D eigenvalue weighted by molar-refractivity contribution is 1.13. The first-order valence-corrected chi connectivity index (χ1v) is 6.89. The van der Waals surface area contributed by atoms with Crippen LogP contribution in [0.1, 0.15) is 5.56 Å². The number of benzene rings is 2. The first kappa shape index (κ1) is 14.8. The summed E-state index contributed by atoms with van der Waals surface area (Å²) in [6.07, 6.45) is 4.02. The van der Waals surface area contributed by atoms with Crippen molar-refractivity contribution in [1.82, 2.24) is 0 Å². The molecular weight excluding hydrogens is 260 g/mol. The van der Waals surface area contributed by atoms with Crippen LogP contribution in [0.5, 0.6) is 0 Å². The normalized spacial score (nSPS) is 10.8. The maximum Gasteiger partial charge on any atom is 0.0389 e. The minimum Gasteiger partial charge on any atom is -0.399 e. The molecule has 4 heteroatoms. The van der Waals surface area contributed by atoms with Crippen LogP contribution in [-0.4, -0.2) is 20.6 Å². The average molecular weight is 282 g/mol. The minimum absolute atomic E-state index is 0.718. The van der Waals surface area contributed by atoms with Crippen molar-refractivity contribution in [3.63, 3.8) is 0 Å². The number of anilines is 4. The van der Waals surface area contributed by atoms with E-state index in [9.17, 15) is 0 Å². The fraction of sp³-hybridized carbons (Fsp3) is 0.176. The van der Waals surface area contributed by atoms with E-state index < -0.39 is 0 Å². The molecule has 0 heterocycles. The summed E-state index contributed by atoms with van der Waals surface area (Å²) in [7, 11) is 4.06. The molecular formula is C17H22N4. The third kappa shape index (κ3) is 4.18. The fourth-order valence-corrected chi connectivity index (χ4v) is 1.99. The number of nitrogens with one attached hydrogen (secondary N) is 1. The summed E-state index contributed by atoms with van der Waals surface area (Å²) in [6, 6.07) is 13.8. The van der Waals surface area contributed by atoms with Gasteiger partial charge in [0.2, 0.25) is 0 Å². The largest absolute Gasteiger partial charge is 0.399 e. The topological polar surface area (TPSA) is 67.3 Å². The van der Waals surface area contributed by atoms with Crippen molar-refractivity contribution in [2.75, 3.05) is 42.3 Å². The lowest BCUT2D eigenvalue weighted by Crippen LogP contribution is -2.09. The van der Waals surface area contributed by atoms with Crippen LogP contribution in [0.4, 0.5) is 22.7 Å². The van der Waals surface area contributed by atoms with Crippen molar-refractivity contribution in [2.45, 2.75) is 0 Å². The van der Waals surface area contributed by atoms with Crippen molar-refractivity contribution in [3.8, 4) is 0 Å². The number of nitrogens with two attached hydrogens (primary N) is 2. The average Bonchev–Trinajstić information content (AvgIpc) is 2.47. The van der Waals surface area contributed by atoms with Gasteiger partial charge in [0.05, 0.1) is 0 Å². The monoisotopic (exact) mass is 282 g/mol. The molecule has 0 aliphatic carbocycles. The van der Waals surface area contributed by atoms with Crippen LogP contribution in [0.3, 0.4) is 0 Å². The molecule has 2 aromatic carbocycles. The van der Waals surface area contributed by atoms with Gasteiger partial charge in [-0.3, -0.25) is 0 Å². The summed E-state index contributed by atoms with van der Waals surface area (Å²) < 4.78 is 0. The Labute approximate surface area is 126 Å². The lowest BCUT2D eigenvalue weighted by atomic mass is 10.1. The molecule has 0 aromatic heterocycles. The van der Waals surface area contributed by atoms with E-state index in [0.717, 1.165) is 29.2 Å². The molecule has 0 saturated heterocycles. The second-order valence-corrected chi connectivity index (χ2v) is 5.12. The van der Waals surface area contributed by atoms with Gasteiger partial charge in [0.1, 0.15) is 0 Å². The Morgan fingerprint density at radius 2 is 1.90 bits per heavy atom. The molecule has 0 fully saturated rings. The Balaban J connectivity index is 1.96. The van der Waals surface area contributed by atoms with E-state index in [0.29, 0.717) is 0 Å². The summed E-state index contributed by atoms with van der Waals surface area (Å²) in [5.41, 5.74) is 16.3. The van der Waals surface area contributed by atoms with Gasteiger partial charge >= 0.3 is 0 Å². The van der Waals surface area contributed by atoms with E-state index in [2.05, 4.69) is 28.4 Å². The van der Waals surface area contributed by atoms with Crippen LogP contribution < -0.4 is 21.7 Å². The van der Waals surface area contributed by atoms with Gasteiger partial charge in [0.15, 0.2) is 0 Å². The molecule has 0 bridgehead atoms. The molecule has 0 atom stereocenters. The Morgan fingerprint density at radius 3 is 2.67 bits per heavy atom. The summed E-state index contributed by atoms with van der Waals surface area (Å²) in [4.78, 5) is 2.08. The van der Waals surface area contributed by atoms with E-state index >= 15 is 0 Å². The van der Waals surface area contributed by atoms with Crippen LogP contribution in [0.25, 0.3) is 6.08 Å². The molecule has 0 aliphatic heterocycles. The van der Waals surface area contributed by atoms with E-state index in [4.69, 9.17) is 11.5 Å². The summed E-state index contributed by atoms with van der Waals surface area (Å²) in [5, 5.41) is 3.36.